The summed E-state index contributed by atoms with van der Waals surface area (Å²) < 4.78 is 5.20. The van der Waals surface area contributed by atoms with Gasteiger partial charge in [-0.3, -0.25) is 15.3 Å². The maximum Gasteiger partial charge on any atom is 0.307 e. The molecule has 17 heavy (non-hydrogen) atoms. The molecule has 0 aromatic carbocycles. The minimum atomic E-state index is -1.02. The highest BCUT2D eigenvalue weighted by molar-refractivity contribution is 5.70. The average molecular weight is 245 g/mol. The van der Waals surface area contributed by atoms with Gasteiger partial charge in [0.2, 0.25) is 0 Å². The number of nitrogens with two attached hydrogens (primary N) is 1. The fraction of sp³-hybridized carbons (Fsp3) is 0.833. The van der Waals surface area contributed by atoms with Crippen molar-refractivity contribution < 1.29 is 19.4 Å². The van der Waals surface area contributed by atoms with E-state index in [0.29, 0.717) is 12.8 Å². The van der Waals surface area contributed by atoms with E-state index in [1.165, 1.54) is 0 Å². The molecule has 0 rings (SSSR count). The van der Waals surface area contributed by atoms with Crippen molar-refractivity contribution in [2.45, 2.75) is 59.1 Å². The van der Waals surface area contributed by atoms with Crippen LogP contribution in [0.2, 0.25) is 0 Å². The Hall–Kier alpha value is -1.10. The molecule has 5 heteroatoms. The second kappa shape index (κ2) is 6.00. The Morgan fingerprint density at radius 3 is 2.00 bits per heavy atom. The van der Waals surface area contributed by atoms with Crippen LogP contribution in [0.4, 0.5) is 0 Å². The number of hydrogen-bond acceptors (Lipinski definition) is 4. The van der Waals surface area contributed by atoms with Gasteiger partial charge >= 0.3 is 11.9 Å². The number of ether oxygens (including phenoxy) is 1. The molecule has 0 saturated carbocycles. The lowest BCUT2D eigenvalue weighted by molar-refractivity contribution is -0.169. The Kier molecular flexibility index (Phi) is 5.61. The van der Waals surface area contributed by atoms with Crippen LogP contribution in [0.3, 0.4) is 0 Å². The number of unbranched alkanes of at least 4 members (excludes halogenated alkanes) is 1. The maximum atomic E-state index is 11.5. The van der Waals surface area contributed by atoms with Gasteiger partial charge in [-0.25, -0.2) is 0 Å². The largest absolute Gasteiger partial charge is 0.481 e. The first kappa shape index (κ1) is 15.9. The number of carbonyl (C=O) groups excluding carboxylic acids is 1. The Balaban J connectivity index is 3.98. The van der Waals surface area contributed by atoms with Crippen LogP contribution in [-0.4, -0.2) is 22.8 Å². The van der Waals surface area contributed by atoms with Crippen LogP contribution in [-0.2, 0) is 14.3 Å². The number of carboxylic acid groups (broad SMARTS) is 1. The molecule has 0 bridgehead atoms. The molecule has 0 fully saturated rings. The number of esters is 1. The molecule has 0 radical (unpaired) electrons. The van der Waals surface area contributed by atoms with Crippen LogP contribution >= 0.6 is 0 Å². The van der Waals surface area contributed by atoms with Gasteiger partial charge in [0.25, 0.3) is 0 Å². The van der Waals surface area contributed by atoms with Crippen molar-refractivity contribution in [2.75, 3.05) is 0 Å². The fourth-order valence-corrected chi connectivity index (χ4v) is 0.986. The summed E-state index contributed by atoms with van der Waals surface area (Å²) in [5.74, 6) is -1.23. The van der Waals surface area contributed by atoms with Gasteiger partial charge < -0.3 is 9.84 Å². The van der Waals surface area contributed by atoms with Crippen molar-refractivity contribution in [1.82, 2.24) is 0 Å². The van der Waals surface area contributed by atoms with Gasteiger partial charge in [0, 0.05) is 18.3 Å². The predicted molar refractivity (Wildman–Crippen MR) is 64.2 cm³/mol. The maximum absolute atomic E-state index is 11.5. The molecule has 1 unspecified atom stereocenters. The first-order valence-electron chi connectivity index (χ1n) is 5.79. The van der Waals surface area contributed by atoms with Crippen LogP contribution in [0.25, 0.3) is 0 Å². The summed E-state index contributed by atoms with van der Waals surface area (Å²) in [5.41, 5.74) is 4.55. The molecule has 0 amide bonds. The number of aliphatic carboxylic acids is 1. The third-order valence-electron chi connectivity index (χ3n) is 2.84. The zero-order chi connectivity index (χ0) is 13.7. The van der Waals surface area contributed by atoms with Crippen molar-refractivity contribution >= 4 is 11.9 Å². The second-order valence-electron chi connectivity index (χ2n) is 5.43. The normalized spacial score (nSPS) is 15.1. The molecular weight excluding hydrogens is 222 g/mol. The summed E-state index contributed by atoms with van der Waals surface area (Å²) in [4.78, 5) is 21.8. The van der Waals surface area contributed by atoms with Gasteiger partial charge in [-0.2, -0.15) is 0 Å². The molecule has 0 saturated heterocycles. The quantitative estimate of drug-likeness (QED) is 0.424. The molecule has 5 nitrogen and oxygen atoms in total. The summed E-state index contributed by atoms with van der Waals surface area (Å²) in [6.45, 7) is 7.35. The molecule has 0 aromatic rings. The topological polar surface area (TPSA) is 89.6 Å². The zero-order valence-electron chi connectivity index (χ0n) is 11.1. The first-order chi connectivity index (χ1) is 7.56. The van der Waals surface area contributed by atoms with Gasteiger partial charge in [-0.15, -0.1) is 0 Å². The van der Waals surface area contributed by atoms with Gasteiger partial charge in [0.15, 0.2) is 5.72 Å². The minimum Gasteiger partial charge on any atom is -0.481 e. The Labute approximate surface area is 102 Å². The Bertz CT molecular complexity index is 279. The van der Waals surface area contributed by atoms with Crippen LogP contribution < -0.4 is 5.73 Å². The van der Waals surface area contributed by atoms with Gasteiger partial charge in [-0.1, -0.05) is 20.8 Å². The van der Waals surface area contributed by atoms with E-state index in [9.17, 15) is 9.59 Å². The molecular formula is C12H23NO4. The van der Waals surface area contributed by atoms with E-state index in [-0.39, 0.29) is 24.2 Å². The van der Waals surface area contributed by atoms with E-state index in [2.05, 4.69) is 0 Å². The molecule has 0 aliphatic heterocycles. The summed E-state index contributed by atoms with van der Waals surface area (Å²) in [6.07, 6.45) is 1.26. The molecule has 0 heterocycles. The number of rotatable bonds is 6. The molecule has 1 atom stereocenters. The highest BCUT2D eigenvalue weighted by Crippen LogP contribution is 2.29. The lowest BCUT2D eigenvalue weighted by Gasteiger charge is -2.37. The van der Waals surface area contributed by atoms with Crippen molar-refractivity contribution in [3.8, 4) is 0 Å². The summed E-state index contributed by atoms with van der Waals surface area (Å²) in [7, 11) is 0. The van der Waals surface area contributed by atoms with E-state index < -0.39 is 11.7 Å². The molecule has 0 spiro atoms. The molecule has 0 aromatic heterocycles. The van der Waals surface area contributed by atoms with E-state index in [4.69, 9.17) is 15.6 Å². The highest BCUT2D eigenvalue weighted by atomic mass is 16.6. The van der Waals surface area contributed by atoms with Crippen molar-refractivity contribution in [3.63, 3.8) is 0 Å². The predicted octanol–water partition coefficient (Wildman–Crippen LogP) is 1.90. The number of hydrogen-bond donors (Lipinski definition) is 2. The fourth-order valence-electron chi connectivity index (χ4n) is 0.986. The lowest BCUT2D eigenvalue weighted by Crippen LogP contribution is -2.52. The van der Waals surface area contributed by atoms with E-state index >= 15 is 0 Å². The van der Waals surface area contributed by atoms with Crippen LogP contribution in [0.5, 0.6) is 0 Å². The minimum absolute atomic E-state index is 0.0758. The zero-order valence-corrected chi connectivity index (χ0v) is 11.1. The van der Waals surface area contributed by atoms with E-state index in [1.807, 2.05) is 20.8 Å². The van der Waals surface area contributed by atoms with Crippen LogP contribution in [0.1, 0.15) is 53.4 Å². The van der Waals surface area contributed by atoms with Gasteiger partial charge in [0.1, 0.15) is 0 Å². The third kappa shape index (κ3) is 6.26. The van der Waals surface area contributed by atoms with Crippen molar-refractivity contribution in [1.29, 1.82) is 0 Å². The Morgan fingerprint density at radius 2 is 1.59 bits per heavy atom. The standard InChI is InChI=1S/C12H23NO4/c1-11(2,3)12(4,13)17-10(16)8-6-5-7-9(14)15/h5-8,13H2,1-4H3,(H,14,15). The SMILES string of the molecule is CC(C)(C)C(C)(N)OC(=O)CCCCC(=O)O. The van der Waals surface area contributed by atoms with Crippen LogP contribution in [0.15, 0.2) is 0 Å². The van der Waals surface area contributed by atoms with Gasteiger partial charge in [-0.05, 0) is 19.8 Å². The average Bonchev–Trinajstić information content (AvgIpc) is 2.09. The second-order valence-corrected chi connectivity index (χ2v) is 5.43. The van der Waals surface area contributed by atoms with Gasteiger partial charge in [0.05, 0.1) is 0 Å². The first-order valence-corrected chi connectivity index (χ1v) is 5.79. The van der Waals surface area contributed by atoms with Crippen molar-refractivity contribution in [2.24, 2.45) is 11.1 Å². The van der Waals surface area contributed by atoms with Crippen LogP contribution in [0, 0.1) is 5.41 Å². The molecule has 3 N–H and O–H groups in total. The Morgan fingerprint density at radius 1 is 1.12 bits per heavy atom. The van der Waals surface area contributed by atoms with Crippen molar-refractivity contribution in [3.05, 3.63) is 0 Å². The lowest BCUT2D eigenvalue weighted by atomic mass is 9.85. The molecule has 0 aliphatic rings. The smallest absolute Gasteiger partial charge is 0.307 e. The summed E-state index contributed by atoms with van der Waals surface area (Å²) in [6, 6.07) is 0. The molecule has 0 aliphatic carbocycles. The summed E-state index contributed by atoms with van der Waals surface area (Å²) in [5, 5.41) is 8.44. The summed E-state index contributed by atoms with van der Waals surface area (Å²) >= 11 is 0. The number of carbonyl (C=O) groups is 2. The number of carboxylic acids is 1. The molecule has 100 valence electrons. The van der Waals surface area contributed by atoms with E-state index in [1.54, 1.807) is 6.92 Å². The highest BCUT2D eigenvalue weighted by Gasteiger charge is 2.37. The third-order valence-corrected chi connectivity index (χ3v) is 2.84. The monoisotopic (exact) mass is 245 g/mol. The van der Waals surface area contributed by atoms with E-state index in [0.717, 1.165) is 0 Å².